The number of likely N-dealkylation sites (N-methyl/N-ethyl adjacent to an activating group) is 1. The van der Waals surface area contributed by atoms with Crippen molar-refractivity contribution < 1.29 is 4.79 Å². The van der Waals surface area contributed by atoms with Gasteiger partial charge in [0, 0.05) is 25.0 Å². The van der Waals surface area contributed by atoms with Gasteiger partial charge in [0.05, 0.1) is 11.6 Å². The Morgan fingerprint density at radius 1 is 1.20 bits per heavy atom. The molecule has 0 spiro atoms. The van der Waals surface area contributed by atoms with Gasteiger partial charge in [0.15, 0.2) is 0 Å². The summed E-state index contributed by atoms with van der Waals surface area (Å²) >= 11 is 1.57. The molecule has 1 atom stereocenters. The molecule has 3 rings (SSSR count). The Hall–Kier alpha value is -1.65. The van der Waals surface area contributed by atoms with Crippen LogP contribution in [0.3, 0.4) is 0 Å². The molecule has 1 aromatic carbocycles. The standard InChI is InChI=1S/C16H18N2OS/c1-17-8-9-18(16(19)14-7-10-20-12-14)11-15(17)13-5-3-2-4-6-13/h2-7,10,12,15H,8-9,11H2,1H3/t15-/m0/s1. The second kappa shape index (κ2) is 5.77. The molecule has 1 aliphatic rings. The highest BCUT2D eigenvalue weighted by Gasteiger charge is 2.28. The number of benzene rings is 1. The lowest BCUT2D eigenvalue weighted by molar-refractivity contribution is 0.0547. The van der Waals surface area contributed by atoms with E-state index in [4.69, 9.17) is 0 Å². The Balaban J connectivity index is 1.78. The Morgan fingerprint density at radius 2 is 2.00 bits per heavy atom. The van der Waals surface area contributed by atoms with Gasteiger partial charge >= 0.3 is 0 Å². The van der Waals surface area contributed by atoms with Crippen molar-refractivity contribution in [2.45, 2.75) is 6.04 Å². The molecule has 0 N–H and O–H groups in total. The summed E-state index contributed by atoms with van der Waals surface area (Å²) in [4.78, 5) is 16.8. The first-order valence-electron chi connectivity index (χ1n) is 6.82. The smallest absolute Gasteiger partial charge is 0.254 e. The lowest BCUT2D eigenvalue weighted by Crippen LogP contribution is -2.48. The predicted molar refractivity (Wildman–Crippen MR) is 82.0 cm³/mol. The van der Waals surface area contributed by atoms with Crippen LogP contribution < -0.4 is 0 Å². The van der Waals surface area contributed by atoms with E-state index in [2.05, 4.69) is 36.2 Å². The zero-order valence-electron chi connectivity index (χ0n) is 11.5. The third-order valence-corrected chi connectivity index (χ3v) is 4.57. The molecule has 20 heavy (non-hydrogen) atoms. The predicted octanol–water partition coefficient (Wildman–Crippen LogP) is 2.88. The highest BCUT2D eigenvalue weighted by atomic mass is 32.1. The number of hydrogen-bond donors (Lipinski definition) is 0. The summed E-state index contributed by atoms with van der Waals surface area (Å²) in [5, 5.41) is 3.89. The molecule has 0 bridgehead atoms. The molecule has 1 amide bonds. The highest BCUT2D eigenvalue weighted by Crippen LogP contribution is 2.25. The van der Waals surface area contributed by atoms with E-state index >= 15 is 0 Å². The Labute approximate surface area is 123 Å². The van der Waals surface area contributed by atoms with Crippen LogP contribution in [0.25, 0.3) is 0 Å². The monoisotopic (exact) mass is 286 g/mol. The van der Waals surface area contributed by atoms with Crippen LogP contribution in [-0.2, 0) is 0 Å². The number of piperazine rings is 1. The van der Waals surface area contributed by atoms with Crippen LogP contribution in [0.1, 0.15) is 22.0 Å². The zero-order chi connectivity index (χ0) is 13.9. The molecule has 0 unspecified atom stereocenters. The summed E-state index contributed by atoms with van der Waals surface area (Å²) in [5.41, 5.74) is 2.09. The average Bonchev–Trinajstić information content (AvgIpc) is 3.02. The lowest BCUT2D eigenvalue weighted by Gasteiger charge is -2.39. The van der Waals surface area contributed by atoms with Crippen molar-refractivity contribution in [2.24, 2.45) is 0 Å². The first-order valence-corrected chi connectivity index (χ1v) is 7.76. The van der Waals surface area contributed by atoms with Gasteiger partial charge in [-0.25, -0.2) is 0 Å². The summed E-state index contributed by atoms with van der Waals surface area (Å²) in [6, 6.07) is 12.6. The zero-order valence-corrected chi connectivity index (χ0v) is 12.3. The fraction of sp³-hybridized carbons (Fsp3) is 0.312. The van der Waals surface area contributed by atoms with Gasteiger partial charge < -0.3 is 4.90 Å². The van der Waals surface area contributed by atoms with Gasteiger partial charge in [0.25, 0.3) is 5.91 Å². The summed E-state index contributed by atoms with van der Waals surface area (Å²) < 4.78 is 0. The van der Waals surface area contributed by atoms with Crippen LogP contribution in [0, 0.1) is 0 Å². The third-order valence-electron chi connectivity index (χ3n) is 3.89. The van der Waals surface area contributed by atoms with E-state index in [9.17, 15) is 4.79 Å². The molecule has 0 radical (unpaired) electrons. The molecule has 1 aromatic heterocycles. The fourth-order valence-corrected chi connectivity index (χ4v) is 3.29. The normalized spacial score (nSPS) is 20.1. The van der Waals surface area contributed by atoms with Gasteiger partial charge in [-0.15, -0.1) is 0 Å². The van der Waals surface area contributed by atoms with E-state index in [1.165, 1.54) is 5.56 Å². The quantitative estimate of drug-likeness (QED) is 0.847. The maximum Gasteiger partial charge on any atom is 0.254 e. The lowest BCUT2D eigenvalue weighted by atomic mass is 10.0. The SMILES string of the molecule is CN1CCN(C(=O)c2ccsc2)C[C@H]1c1ccccc1. The van der Waals surface area contributed by atoms with Crippen molar-refractivity contribution in [2.75, 3.05) is 26.7 Å². The second-order valence-corrected chi connectivity index (χ2v) is 5.95. The summed E-state index contributed by atoms with van der Waals surface area (Å²) in [6.07, 6.45) is 0. The van der Waals surface area contributed by atoms with Crippen molar-refractivity contribution in [3.8, 4) is 0 Å². The summed E-state index contributed by atoms with van der Waals surface area (Å²) in [7, 11) is 2.13. The van der Waals surface area contributed by atoms with Crippen LogP contribution in [0.15, 0.2) is 47.2 Å². The Kier molecular flexibility index (Phi) is 3.85. The number of carbonyl (C=O) groups is 1. The topological polar surface area (TPSA) is 23.6 Å². The molecule has 1 saturated heterocycles. The molecule has 1 aliphatic heterocycles. The number of carbonyl (C=O) groups excluding carboxylic acids is 1. The van der Waals surface area contributed by atoms with Crippen molar-refractivity contribution in [3.05, 3.63) is 58.3 Å². The molecule has 3 nitrogen and oxygen atoms in total. The van der Waals surface area contributed by atoms with Gasteiger partial charge in [-0.1, -0.05) is 30.3 Å². The van der Waals surface area contributed by atoms with Crippen LogP contribution in [0.2, 0.25) is 0 Å². The van der Waals surface area contributed by atoms with E-state index in [-0.39, 0.29) is 11.9 Å². The first-order chi connectivity index (χ1) is 9.75. The van der Waals surface area contributed by atoms with Crippen LogP contribution in [0.4, 0.5) is 0 Å². The third kappa shape index (κ3) is 2.62. The number of amides is 1. The van der Waals surface area contributed by atoms with Crippen molar-refractivity contribution in [1.29, 1.82) is 0 Å². The van der Waals surface area contributed by atoms with Crippen molar-refractivity contribution in [1.82, 2.24) is 9.80 Å². The summed E-state index contributed by atoms with van der Waals surface area (Å²) in [6.45, 7) is 2.47. The van der Waals surface area contributed by atoms with Crippen LogP contribution >= 0.6 is 11.3 Å². The van der Waals surface area contributed by atoms with Gasteiger partial charge in [0.1, 0.15) is 0 Å². The summed E-state index contributed by atoms with van der Waals surface area (Å²) in [5.74, 6) is 0.153. The van der Waals surface area contributed by atoms with Crippen LogP contribution in [0.5, 0.6) is 0 Å². The van der Waals surface area contributed by atoms with E-state index in [0.717, 1.165) is 25.2 Å². The minimum atomic E-state index is 0.153. The van der Waals surface area contributed by atoms with E-state index in [1.807, 2.05) is 27.8 Å². The number of hydrogen-bond acceptors (Lipinski definition) is 3. The fourth-order valence-electron chi connectivity index (χ4n) is 2.66. The first kappa shape index (κ1) is 13.3. The van der Waals surface area contributed by atoms with E-state index < -0.39 is 0 Å². The van der Waals surface area contributed by atoms with Crippen molar-refractivity contribution in [3.63, 3.8) is 0 Å². The van der Waals surface area contributed by atoms with Gasteiger partial charge in [-0.3, -0.25) is 9.69 Å². The molecule has 104 valence electrons. The number of thiophene rings is 1. The van der Waals surface area contributed by atoms with E-state index in [0.29, 0.717) is 0 Å². The maximum absolute atomic E-state index is 12.5. The van der Waals surface area contributed by atoms with Crippen LogP contribution in [-0.4, -0.2) is 42.4 Å². The molecule has 2 aromatic rings. The van der Waals surface area contributed by atoms with Gasteiger partial charge in [0.2, 0.25) is 0 Å². The molecular formula is C16H18N2OS. The average molecular weight is 286 g/mol. The largest absolute Gasteiger partial charge is 0.335 e. The second-order valence-electron chi connectivity index (χ2n) is 5.17. The van der Waals surface area contributed by atoms with Gasteiger partial charge in [-0.05, 0) is 24.1 Å². The molecule has 0 aliphatic carbocycles. The Bertz CT molecular complexity index is 567. The molecule has 2 heterocycles. The van der Waals surface area contributed by atoms with E-state index in [1.54, 1.807) is 11.3 Å². The molecular weight excluding hydrogens is 268 g/mol. The molecule has 4 heteroatoms. The van der Waals surface area contributed by atoms with Gasteiger partial charge in [-0.2, -0.15) is 11.3 Å². The minimum absolute atomic E-state index is 0.153. The van der Waals surface area contributed by atoms with Crippen molar-refractivity contribution >= 4 is 17.2 Å². The number of rotatable bonds is 2. The highest BCUT2D eigenvalue weighted by molar-refractivity contribution is 7.08. The molecule has 0 saturated carbocycles. The minimum Gasteiger partial charge on any atom is -0.335 e. The number of nitrogens with zero attached hydrogens (tertiary/aromatic N) is 2. The molecule has 1 fully saturated rings. The maximum atomic E-state index is 12.5. The Morgan fingerprint density at radius 3 is 2.70 bits per heavy atom.